The molecule has 2 rings (SSSR count). The minimum absolute atomic E-state index is 0.0281. The van der Waals surface area contributed by atoms with E-state index in [1.54, 1.807) is 13.8 Å². The van der Waals surface area contributed by atoms with Crippen LogP contribution in [0.1, 0.15) is 33.1 Å². The third kappa shape index (κ3) is 1.36. The lowest BCUT2D eigenvalue weighted by atomic mass is 9.91. The van der Waals surface area contributed by atoms with Crippen LogP contribution in [0.2, 0.25) is 0 Å². The van der Waals surface area contributed by atoms with Crippen molar-refractivity contribution in [1.82, 2.24) is 4.90 Å². The summed E-state index contributed by atoms with van der Waals surface area (Å²) in [5, 5.41) is 0. The van der Waals surface area contributed by atoms with Crippen LogP contribution in [-0.4, -0.2) is 22.3 Å². The third-order valence-corrected chi connectivity index (χ3v) is 3.48. The molecular weight excluding hydrogens is 190 g/mol. The Morgan fingerprint density at radius 3 is 2.13 bits per heavy atom. The van der Waals surface area contributed by atoms with Gasteiger partial charge in [-0.05, 0) is 33.1 Å². The number of hydrogen-bond donors (Lipinski definition) is 0. The van der Waals surface area contributed by atoms with E-state index in [0.29, 0.717) is 0 Å². The van der Waals surface area contributed by atoms with Crippen molar-refractivity contribution in [2.45, 2.75) is 38.6 Å². The molecule has 1 saturated carbocycles. The minimum atomic E-state index is -0.782. The van der Waals surface area contributed by atoms with Gasteiger partial charge in [0.2, 0.25) is 11.8 Å². The molecule has 1 saturated heterocycles. The van der Waals surface area contributed by atoms with Crippen LogP contribution >= 0.6 is 0 Å². The molecule has 2 fully saturated rings. The first kappa shape index (κ1) is 10.2. The Kier molecular flexibility index (Phi) is 2.11. The molecule has 1 aliphatic carbocycles. The number of likely N-dealkylation sites (tertiary alicyclic amines) is 1. The van der Waals surface area contributed by atoms with Crippen molar-refractivity contribution in [2.24, 2.45) is 11.8 Å². The standard InChI is InChI=1S/C12H15NO2/c1-4-12(2,3)13-10(14)8-5-6-9(7-8)11(13)15/h1,8-9H,5-7H2,2-3H3. The molecule has 0 spiro atoms. The van der Waals surface area contributed by atoms with Gasteiger partial charge in [0.1, 0.15) is 5.54 Å². The largest absolute Gasteiger partial charge is 0.274 e. The Bertz CT molecular complexity index is 342. The smallest absolute Gasteiger partial charge is 0.233 e. The Hall–Kier alpha value is -1.30. The van der Waals surface area contributed by atoms with E-state index in [4.69, 9.17) is 6.42 Å². The summed E-state index contributed by atoms with van der Waals surface area (Å²) in [4.78, 5) is 25.3. The molecular formula is C12H15NO2. The zero-order chi connectivity index (χ0) is 11.2. The van der Waals surface area contributed by atoms with Gasteiger partial charge in [-0.15, -0.1) is 6.42 Å². The summed E-state index contributed by atoms with van der Waals surface area (Å²) in [7, 11) is 0. The van der Waals surface area contributed by atoms with Gasteiger partial charge >= 0.3 is 0 Å². The van der Waals surface area contributed by atoms with Crippen LogP contribution in [0.3, 0.4) is 0 Å². The topological polar surface area (TPSA) is 37.4 Å². The van der Waals surface area contributed by atoms with Crippen LogP contribution in [0.5, 0.6) is 0 Å². The van der Waals surface area contributed by atoms with Crippen molar-refractivity contribution in [3.8, 4) is 12.3 Å². The van der Waals surface area contributed by atoms with Gasteiger partial charge in [-0.3, -0.25) is 14.5 Å². The normalized spacial score (nSPS) is 30.6. The molecule has 0 aromatic carbocycles. The SMILES string of the molecule is C#CC(C)(C)N1C(=O)C2CCC(C2)C1=O. The second-order valence-corrected chi connectivity index (χ2v) is 4.92. The second kappa shape index (κ2) is 3.10. The molecule has 3 heteroatoms. The molecule has 2 bridgehead atoms. The number of piperidine rings is 1. The van der Waals surface area contributed by atoms with Crippen LogP contribution in [0.4, 0.5) is 0 Å². The predicted octanol–water partition coefficient (Wildman–Crippen LogP) is 1.18. The fourth-order valence-electron chi connectivity index (χ4n) is 2.52. The fourth-order valence-corrected chi connectivity index (χ4v) is 2.52. The molecule has 2 aliphatic rings. The number of fused-ring (bicyclic) bond motifs is 2. The molecule has 1 heterocycles. The first-order valence-corrected chi connectivity index (χ1v) is 5.33. The highest BCUT2D eigenvalue weighted by molar-refractivity contribution is 6.02. The summed E-state index contributed by atoms with van der Waals surface area (Å²) in [5.74, 6) is 2.44. The Morgan fingerprint density at radius 2 is 1.73 bits per heavy atom. The Balaban J connectivity index is 2.37. The lowest BCUT2D eigenvalue weighted by molar-refractivity contribution is -0.157. The first-order chi connectivity index (χ1) is 6.97. The lowest BCUT2D eigenvalue weighted by Crippen LogP contribution is -2.56. The van der Waals surface area contributed by atoms with Crippen LogP contribution in [0.15, 0.2) is 0 Å². The van der Waals surface area contributed by atoms with E-state index in [9.17, 15) is 9.59 Å². The molecule has 2 amide bonds. The van der Waals surface area contributed by atoms with Crippen molar-refractivity contribution in [1.29, 1.82) is 0 Å². The van der Waals surface area contributed by atoms with Gasteiger partial charge in [0.15, 0.2) is 0 Å². The number of terminal acetylenes is 1. The van der Waals surface area contributed by atoms with Crippen molar-refractivity contribution in [3.63, 3.8) is 0 Å². The second-order valence-electron chi connectivity index (χ2n) is 4.92. The van der Waals surface area contributed by atoms with Gasteiger partial charge in [-0.1, -0.05) is 5.92 Å². The summed E-state index contributed by atoms with van der Waals surface area (Å²) in [6.07, 6.45) is 7.79. The van der Waals surface area contributed by atoms with E-state index in [0.717, 1.165) is 19.3 Å². The van der Waals surface area contributed by atoms with Crippen LogP contribution in [-0.2, 0) is 9.59 Å². The number of carbonyl (C=O) groups is 2. The minimum Gasteiger partial charge on any atom is -0.274 e. The van der Waals surface area contributed by atoms with Crippen LogP contribution < -0.4 is 0 Å². The maximum absolute atomic E-state index is 12.0. The van der Waals surface area contributed by atoms with E-state index in [1.165, 1.54) is 4.90 Å². The van der Waals surface area contributed by atoms with E-state index >= 15 is 0 Å². The van der Waals surface area contributed by atoms with Crippen LogP contribution in [0, 0.1) is 24.2 Å². The average Bonchev–Trinajstić information content (AvgIpc) is 2.61. The monoisotopic (exact) mass is 205 g/mol. The van der Waals surface area contributed by atoms with Crippen molar-refractivity contribution >= 4 is 11.8 Å². The summed E-state index contributed by atoms with van der Waals surface area (Å²) < 4.78 is 0. The van der Waals surface area contributed by atoms with Crippen molar-refractivity contribution < 1.29 is 9.59 Å². The molecule has 2 unspecified atom stereocenters. The van der Waals surface area contributed by atoms with E-state index in [-0.39, 0.29) is 23.7 Å². The maximum atomic E-state index is 12.0. The number of amides is 2. The molecule has 0 radical (unpaired) electrons. The number of imide groups is 1. The van der Waals surface area contributed by atoms with Gasteiger partial charge in [-0.2, -0.15) is 0 Å². The maximum Gasteiger partial charge on any atom is 0.233 e. The van der Waals surface area contributed by atoms with Gasteiger partial charge in [-0.25, -0.2) is 0 Å². The van der Waals surface area contributed by atoms with Gasteiger partial charge < -0.3 is 0 Å². The van der Waals surface area contributed by atoms with E-state index < -0.39 is 5.54 Å². The first-order valence-electron chi connectivity index (χ1n) is 5.33. The molecule has 2 atom stereocenters. The molecule has 3 nitrogen and oxygen atoms in total. The highest BCUT2D eigenvalue weighted by Gasteiger charge is 2.49. The number of hydrogen-bond acceptors (Lipinski definition) is 2. The highest BCUT2D eigenvalue weighted by Crippen LogP contribution is 2.40. The summed E-state index contributed by atoms with van der Waals surface area (Å²) in [5.41, 5.74) is -0.782. The van der Waals surface area contributed by atoms with E-state index in [2.05, 4.69) is 5.92 Å². The van der Waals surface area contributed by atoms with Crippen molar-refractivity contribution in [2.75, 3.05) is 0 Å². The Morgan fingerprint density at radius 1 is 1.27 bits per heavy atom. The zero-order valence-corrected chi connectivity index (χ0v) is 9.12. The highest BCUT2D eigenvalue weighted by atomic mass is 16.2. The van der Waals surface area contributed by atoms with E-state index in [1.807, 2.05) is 0 Å². The molecule has 0 aromatic heterocycles. The zero-order valence-electron chi connectivity index (χ0n) is 9.12. The molecule has 15 heavy (non-hydrogen) atoms. The predicted molar refractivity (Wildman–Crippen MR) is 55.6 cm³/mol. The Labute approximate surface area is 89.8 Å². The van der Waals surface area contributed by atoms with Crippen molar-refractivity contribution in [3.05, 3.63) is 0 Å². The quantitative estimate of drug-likeness (QED) is 0.476. The third-order valence-electron chi connectivity index (χ3n) is 3.48. The van der Waals surface area contributed by atoms with Crippen LogP contribution in [0.25, 0.3) is 0 Å². The summed E-state index contributed by atoms with van der Waals surface area (Å²) in [6.45, 7) is 3.49. The van der Waals surface area contributed by atoms with Gasteiger partial charge in [0.25, 0.3) is 0 Å². The summed E-state index contributed by atoms with van der Waals surface area (Å²) >= 11 is 0. The van der Waals surface area contributed by atoms with Gasteiger partial charge in [0.05, 0.1) is 0 Å². The average molecular weight is 205 g/mol. The molecule has 0 aromatic rings. The fraction of sp³-hybridized carbons (Fsp3) is 0.667. The molecule has 0 N–H and O–H groups in total. The number of carbonyl (C=O) groups excluding carboxylic acids is 2. The lowest BCUT2D eigenvalue weighted by Gasteiger charge is -2.38. The summed E-state index contributed by atoms with van der Waals surface area (Å²) in [6, 6.07) is 0. The molecule has 80 valence electrons. The number of rotatable bonds is 1. The molecule has 1 aliphatic heterocycles. The van der Waals surface area contributed by atoms with Gasteiger partial charge in [0, 0.05) is 11.8 Å². The number of nitrogens with zero attached hydrogens (tertiary/aromatic N) is 1.